The van der Waals surface area contributed by atoms with Crippen molar-refractivity contribution in [1.29, 1.82) is 0 Å². The maximum absolute atomic E-state index is 11.8. The first-order valence-corrected chi connectivity index (χ1v) is 6.04. The minimum Gasteiger partial charge on any atom is -0.467 e. The second kappa shape index (κ2) is 5.49. The Bertz CT molecular complexity index is 298. The first kappa shape index (κ1) is 14.0. The van der Waals surface area contributed by atoms with Gasteiger partial charge < -0.3 is 15.8 Å². The summed E-state index contributed by atoms with van der Waals surface area (Å²) in [6, 6.07) is -0.587. The molecule has 1 saturated carbocycles. The zero-order valence-electron chi connectivity index (χ0n) is 10.8. The molecule has 0 bridgehead atoms. The number of ether oxygens (including phenoxy) is 1. The van der Waals surface area contributed by atoms with E-state index in [1.54, 1.807) is 0 Å². The summed E-state index contributed by atoms with van der Waals surface area (Å²) < 4.78 is 4.66. The summed E-state index contributed by atoms with van der Waals surface area (Å²) in [5.41, 5.74) is 5.63. The lowest BCUT2D eigenvalue weighted by Gasteiger charge is -2.37. The van der Waals surface area contributed by atoms with E-state index in [2.05, 4.69) is 10.1 Å². The van der Waals surface area contributed by atoms with E-state index in [1.807, 2.05) is 13.8 Å². The van der Waals surface area contributed by atoms with Gasteiger partial charge >= 0.3 is 5.97 Å². The third-order valence-corrected chi connectivity index (χ3v) is 3.30. The molecule has 17 heavy (non-hydrogen) atoms. The monoisotopic (exact) mass is 242 g/mol. The van der Waals surface area contributed by atoms with Crippen LogP contribution in [0.1, 0.15) is 39.5 Å². The highest BCUT2D eigenvalue weighted by Gasteiger charge is 2.36. The molecule has 0 aromatic rings. The van der Waals surface area contributed by atoms with Crippen molar-refractivity contribution >= 4 is 11.9 Å². The molecule has 1 fully saturated rings. The zero-order valence-corrected chi connectivity index (χ0v) is 10.8. The number of carbonyl (C=O) groups excluding carboxylic acids is 2. The normalized spacial score (nSPS) is 19.4. The van der Waals surface area contributed by atoms with Gasteiger partial charge in [-0.05, 0) is 25.2 Å². The number of hydrogen-bond acceptors (Lipinski definition) is 4. The molecule has 5 heteroatoms. The molecule has 0 heterocycles. The summed E-state index contributed by atoms with van der Waals surface area (Å²) in [6.45, 7) is 3.73. The average molecular weight is 242 g/mol. The standard InChI is InChI=1S/C12H22N2O3/c1-8(2)10(11(16)17-3)14-9(15)7-12(13)5-4-6-12/h8,10H,4-7,13H2,1-3H3,(H,14,15). The van der Waals surface area contributed by atoms with Crippen LogP contribution in [0.15, 0.2) is 0 Å². The van der Waals surface area contributed by atoms with Crippen LogP contribution in [-0.4, -0.2) is 30.6 Å². The Kier molecular flexibility index (Phi) is 4.51. The van der Waals surface area contributed by atoms with Crippen LogP contribution in [0.2, 0.25) is 0 Å². The molecule has 0 radical (unpaired) electrons. The molecular formula is C12H22N2O3. The number of esters is 1. The molecule has 1 aliphatic rings. The molecule has 0 saturated heterocycles. The van der Waals surface area contributed by atoms with E-state index in [4.69, 9.17) is 5.73 Å². The van der Waals surface area contributed by atoms with Crippen molar-refractivity contribution in [2.24, 2.45) is 11.7 Å². The van der Waals surface area contributed by atoms with Crippen molar-refractivity contribution in [2.45, 2.75) is 51.1 Å². The van der Waals surface area contributed by atoms with Gasteiger partial charge in [0.05, 0.1) is 7.11 Å². The lowest BCUT2D eigenvalue weighted by atomic mass is 9.75. The predicted molar refractivity (Wildman–Crippen MR) is 64.2 cm³/mol. The molecule has 1 aliphatic carbocycles. The maximum atomic E-state index is 11.8. The number of nitrogens with two attached hydrogens (primary N) is 1. The molecule has 0 aromatic heterocycles. The van der Waals surface area contributed by atoms with Gasteiger partial charge in [-0.1, -0.05) is 13.8 Å². The Morgan fingerprint density at radius 3 is 2.35 bits per heavy atom. The summed E-state index contributed by atoms with van der Waals surface area (Å²) in [7, 11) is 1.32. The highest BCUT2D eigenvalue weighted by molar-refractivity contribution is 5.85. The predicted octanol–water partition coefficient (Wildman–Crippen LogP) is 0.572. The van der Waals surface area contributed by atoms with Crippen LogP contribution in [0.25, 0.3) is 0 Å². The van der Waals surface area contributed by atoms with Gasteiger partial charge in [0.15, 0.2) is 0 Å². The molecule has 1 amide bonds. The molecular weight excluding hydrogens is 220 g/mol. The van der Waals surface area contributed by atoms with Crippen molar-refractivity contribution in [1.82, 2.24) is 5.32 Å². The second-order valence-electron chi connectivity index (χ2n) is 5.21. The first-order chi connectivity index (χ1) is 7.88. The number of hydrogen-bond donors (Lipinski definition) is 2. The summed E-state index contributed by atoms with van der Waals surface area (Å²) in [4.78, 5) is 23.3. The quantitative estimate of drug-likeness (QED) is 0.691. The fourth-order valence-corrected chi connectivity index (χ4v) is 1.98. The van der Waals surface area contributed by atoms with Gasteiger partial charge in [0.1, 0.15) is 6.04 Å². The summed E-state index contributed by atoms with van der Waals surface area (Å²) in [5, 5.41) is 2.70. The molecule has 0 aromatic carbocycles. The second-order valence-corrected chi connectivity index (χ2v) is 5.21. The van der Waals surface area contributed by atoms with Crippen molar-refractivity contribution in [3.8, 4) is 0 Å². The Labute approximate surface area is 102 Å². The Morgan fingerprint density at radius 2 is 2.00 bits per heavy atom. The lowest BCUT2D eigenvalue weighted by Crippen LogP contribution is -2.53. The summed E-state index contributed by atoms with van der Waals surface area (Å²) >= 11 is 0. The highest BCUT2D eigenvalue weighted by Crippen LogP contribution is 2.31. The van der Waals surface area contributed by atoms with Crippen LogP contribution in [-0.2, 0) is 14.3 Å². The highest BCUT2D eigenvalue weighted by atomic mass is 16.5. The fourth-order valence-electron chi connectivity index (χ4n) is 1.98. The number of carbonyl (C=O) groups is 2. The Morgan fingerprint density at radius 1 is 1.41 bits per heavy atom. The molecule has 3 N–H and O–H groups in total. The van der Waals surface area contributed by atoms with Gasteiger partial charge in [0.25, 0.3) is 0 Å². The number of rotatable bonds is 5. The molecule has 0 aliphatic heterocycles. The third kappa shape index (κ3) is 3.70. The maximum Gasteiger partial charge on any atom is 0.328 e. The van der Waals surface area contributed by atoms with Gasteiger partial charge in [0.2, 0.25) is 5.91 Å². The zero-order chi connectivity index (χ0) is 13.1. The van der Waals surface area contributed by atoms with Gasteiger partial charge in [0, 0.05) is 12.0 Å². The van der Waals surface area contributed by atoms with E-state index in [0.717, 1.165) is 19.3 Å². The Hall–Kier alpha value is -1.10. The van der Waals surface area contributed by atoms with Gasteiger partial charge in [-0.3, -0.25) is 4.79 Å². The van der Waals surface area contributed by atoms with Crippen molar-refractivity contribution in [3.63, 3.8) is 0 Å². The summed E-state index contributed by atoms with van der Waals surface area (Å²) in [5.74, 6) is -0.578. The third-order valence-electron chi connectivity index (χ3n) is 3.30. The van der Waals surface area contributed by atoms with Crippen molar-refractivity contribution < 1.29 is 14.3 Å². The van der Waals surface area contributed by atoms with E-state index in [0.29, 0.717) is 0 Å². The van der Waals surface area contributed by atoms with E-state index < -0.39 is 12.0 Å². The molecule has 1 unspecified atom stereocenters. The van der Waals surface area contributed by atoms with E-state index >= 15 is 0 Å². The number of methoxy groups -OCH3 is 1. The van der Waals surface area contributed by atoms with E-state index in [-0.39, 0.29) is 23.8 Å². The number of nitrogens with one attached hydrogen (secondary N) is 1. The molecule has 1 atom stereocenters. The van der Waals surface area contributed by atoms with Crippen LogP contribution in [0, 0.1) is 5.92 Å². The minimum absolute atomic E-state index is 0.00140. The largest absolute Gasteiger partial charge is 0.467 e. The molecule has 1 rings (SSSR count). The van der Waals surface area contributed by atoms with Crippen LogP contribution < -0.4 is 11.1 Å². The van der Waals surface area contributed by atoms with Crippen LogP contribution in [0.5, 0.6) is 0 Å². The number of amides is 1. The topological polar surface area (TPSA) is 81.4 Å². The minimum atomic E-state index is -0.587. The molecule has 0 spiro atoms. The van der Waals surface area contributed by atoms with Crippen molar-refractivity contribution in [3.05, 3.63) is 0 Å². The lowest BCUT2D eigenvalue weighted by molar-refractivity contribution is -0.146. The summed E-state index contributed by atoms with van der Waals surface area (Å²) in [6.07, 6.45) is 3.12. The molecule has 5 nitrogen and oxygen atoms in total. The van der Waals surface area contributed by atoms with E-state index in [1.165, 1.54) is 7.11 Å². The molecule has 98 valence electrons. The van der Waals surface area contributed by atoms with Gasteiger partial charge in [-0.25, -0.2) is 4.79 Å². The fraction of sp³-hybridized carbons (Fsp3) is 0.833. The SMILES string of the molecule is COC(=O)C(NC(=O)CC1(N)CCC1)C(C)C. The Balaban J connectivity index is 2.49. The average Bonchev–Trinajstić information content (AvgIpc) is 2.22. The first-order valence-electron chi connectivity index (χ1n) is 6.04. The van der Waals surface area contributed by atoms with Crippen LogP contribution >= 0.6 is 0 Å². The van der Waals surface area contributed by atoms with Crippen LogP contribution in [0.4, 0.5) is 0 Å². The van der Waals surface area contributed by atoms with Gasteiger partial charge in [-0.15, -0.1) is 0 Å². The van der Waals surface area contributed by atoms with Crippen LogP contribution in [0.3, 0.4) is 0 Å². The van der Waals surface area contributed by atoms with E-state index in [9.17, 15) is 9.59 Å². The van der Waals surface area contributed by atoms with Gasteiger partial charge in [-0.2, -0.15) is 0 Å². The van der Waals surface area contributed by atoms with Crippen molar-refractivity contribution in [2.75, 3.05) is 7.11 Å². The smallest absolute Gasteiger partial charge is 0.328 e.